The van der Waals surface area contributed by atoms with Crippen molar-refractivity contribution in [1.82, 2.24) is 9.97 Å². The van der Waals surface area contributed by atoms with E-state index in [-0.39, 0.29) is 5.97 Å². The van der Waals surface area contributed by atoms with Gasteiger partial charge in [0.2, 0.25) is 0 Å². The third-order valence-electron chi connectivity index (χ3n) is 2.38. The fourth-order valence-corrected chi connectivity index (χ4v) is 1.87. The first-order chi connectivity index (χ1) is 8.70. The lowest BCUT2D eigenvalue weighted by molar-refractivity contribution is 0.0594. The van der Waals surface area contributed by atoms with E-state index >= 15 is 0 Å². The lowest BCUT2D eigenvalue weighted by Crippen LogP contribution is -2.04. The van der Waals surface area contributed by atoms with Crippen molar-refractivity contribution in [3.8, 4) is 0 Å². The molecule has 0 atom stereocenters. The van der Waals surface area contributed by atoms with Gasteiger partial charge in [0.1, 0.15) is 10.3 Å². The zero-order chi connectivity index (χ0) is 13.0. The Morgan fingerprint density at radius 1 is 1.50 bits per heavy atom. The third kappa shape index (κ3) is 2.89. The second-order valence-corrected chi connectivity index (χ2v) is 4.34. The van der Waals surface area contributed by atoms with E-state index in [9.17, 15) is 4.79 Å². The first-order valence-corrected chi connectivity index (χ1v) is 6.10. The van der Waals surface area contributed by atoms with Gasteiger partial charge in [-0.25, -0.2) is 9.78 Å². The predicted molar refractivity (Wildman–Crippen MR) is 71.4 cm³/mol. The van der Waals surface area contributed by atoms with Gasteiger partial charge in [-0.3, -0.25) is 0 Å². The number of pyridine rings is 1. The average molecular weight is 310 g/mol. The van der Waals surface area contributed by atoms with Gasteiger partial charge in [0.25, 0.3) is 0 Å². The molecule has 0 unspecified atom stereocenters. The van der Waals surface area contributed by atoms with Crippen LogP contribution < -0.4 is 5.32 Å². The standard InChI is InChI=1S/C12H12BrN3O2/c1-18-12(17)10-5-4-8(16-10)7-15-9-3-2-6-14-11(9)13/h2-6,15-16H,7H2,1H3. The molecular formula is C12H12BrN3O2. The van der Waals surface area contributed by atoms with Gasteiger partial charge in [0.05, 0.1) is 19.3 Å². The van der Waals surface area contributed by atoms with E-state index in [1.54, 1.807) is 12.3 Å². The smallest absolute Gasteiger partial charge is 0.354 e. The van der Waals surface area contributed by atoms with Crippen LogP contribution in [0.4, 0.5) is 5.69 Å². The number of ether oxygens (including phenoxy) is 1. The number of esters is 1. The Morgan fingerprint density at radius 3 is 3.06 bits per heavy atom. The highest BCUT2D eigenvalue weighted by molar-refractivity contribution is 9.10. The molecular weight excluding hydrogens is 298 g/mol. The molecule has 0 saturated heterocycles. The molecule has 2 rings (SSSR count). The summed E-state index contributed by atoms with van der Waals surface area (Å²) >= 11 is 3.35. The number of hydrogen-bond donors (Lipinski definition) is 2. The monoisotopic (exact) mass is 309 g/mol. The molecule has 0 amide bonds. The maximum absolute atomic E-state index is 11.3. The number of rotatable bonds is 4. The predicted octanol–water partition coefficient (Wildman–Crippen LogP) is 2.57. The molecule has 2 N–H and O–H groups in total. The van der Waals surface area contributed by atoms with E-state index in [2.05, 4.69) is 36.0 Å². The summed E-state index contributed by atoms with van der Waals surface area (Å²) in [7, 11) is 1.36. The van der Waals surface area contributed by atoms with Gasteiger partial charge in [0.15, 0.2) is 0 Å². The molecule has 0 bridgehead atoms. The second-order valence-electron chi connectivity index (χ2n) is 3.58. The topological polar surface area (TPSA) is 67.0 Å². The van der Waals surface area contributed by atoms with Crippen molar-refractivity contribution in [2.45, 2.75) is 6.54 Å². The maximum atomic E-state index is 11.3. The lowest BCUT2D eigenvalue weighted by Gasteiger charge is -2.06. The lowest BCUT2D eigenvalue weighted by atomic mass is 10.4. The molecule has 0 aromatic carbocycles. The minimum absolute atomic E-state index is 0.371. The summed E-state index contributed by atoms with van der Waals surface area (Å²) in [6, 6.07) is 7.30. The quantitative estimate of drug-likeness (QED) is 0.673. The normalized spacial score (nSPS) is 10.1. The first-order valence-electron chi connectivity index (χ1n) is 5.31. The number of anilines is 1. The van der Waals surface area contributed by atoms with Crippen molar-refractivity contribution in [2.24, 2.45) is 0 Å². The van der Waals surface area contributed by atoms with Crippen molar-refractivity contribution in [2.75, 3.05) is 12.4 Å². The Balaban J connectivity index is 2.01. The summed E-state index contributed by atoms with van der Waals surface area (Å²) < 4.78 is 5.38. The van der Waals surface area contributed by atoms with Crippen LogP contribution in [-0.4, -0.2) is 23.0 Å². The molecule has 5 nitrogen and oxygen atoms in total. The number of nitrogens with zero attached hydrogens (tertiary/aromatic N) is 1. The SMILES string of the molecule is COC(=O)c1ccc(CNc2cccnc2Br)[nH]1. The highest BCUT2D eigenvalue weighted by Crippen LogP contribution is 2.19. The third-order valence-corrected chi connectivity index (χ3v) is 3.01. The summed E-state index contributed by atoms with van der Waals surface area (Å²) in [4.78, 5) is 18.4. The van der Waals surface area contributed by atoms with Crippen LogP contribution in [0.15, 0.2) is 35.1 Å². The number of hydrogen-bond acceptors (Lipinski definition) is 4. The number of halogens is 1. The van der Waals surface area contributed by atoms with Crippen LogP contribution >= 0.6 is 15.9 Å². The summed E-state index contributed by atoms with van der Waals surface area (Å²) in [5.74, 6) is -0.371. The molecule has 94 valence electrons. The fourth-order valence-electron chi connectivity index (χ4n) is 1.48. The number of carbonyl (C=O) groups excluding carboxylic acids is 1. The zero-order valence-electron chi connectivity index (χ0n) is 9.74. The summed E-state index contributed by atoms with van der Waals surface area (Å²) in [6.45, 7) is 0.571. The van der Waals surface area contributed by atoms with Crippen molar-refractivity contribution < 1.29 is 9.53 Å². The van der Waals surface area contributed by atoms with Gasteiger partial charge >= 0.3 is 5.97 Å². The highest BCUT2D eigenvalue weighted by Gasteiger charge is 2.08. The van der Waals surface area contributed by atoms with Crippen molar-refractivity contribution >= 4 is 27.6 Å². The van der Waals surface area contributed by atoms with Gasteiger partial charge in [0, 0.05) is 11.9 Å². The molecule has 2 aromatic heterocycles. The van der Waals surface area contributed by atoms with Crippen LogP contribution in [0.1, 0.15) is 16.2 Å². The number of nitrogens with one attached hydrogen (secondary N) is 2. The summed E-state index contributed by atoms with van der Waals surface area (Å²) in [5, 5.41) is 3.21. The Morgan fingerprint density at radius 2 is 2.33 bits per heavy atom. The van der Waals surface area contributed by atoms with Crippen molar-refractivity contribution in [3.63, 3.8) is 0 Å². The number of H-pyrrole nitrogens is 1. The largest absolute Gasteiger partial charge is 0.464 e. The molecule has 0 fully saturated rings. The van der Waals surface area contributed by atoms with Crippen LogP contribution in [0.25, 0.3) is 0 Å². The van der Waals surface area contributed by atoms with Gasteiger partial charge < -0.3 is 15.0 Å². The van der Waals surface area contributed by atoms with Crippen LogP contribution in [-0.2, 0) is 11.3 Å². The number of carbonyl (C=O) groups is 1. The van der Waals surface area contributed by atoms with Gasteiger partial charge in [-0.05, 0) is 40.2 Å². The van der Waals surface area contributed by atoms with Gasteiger partial charge in [-0.1, -0.05) is 0 Å². The molecule has 0 aliphatic heterocycles. The number of aromatic nitrogens is 2. The Kier molecular flexibility index (Phi) is 3.99. The Labute approximate surface area is 113 Å². The Bertz CT molecular complexity index is 554. The molecule has 0 radical (unpaired) electrons. The molecule has 2 heterocycles. The first kappa shape index (κ1) is 12.6. The van der Waals surface area contributed by atoms with E-state index in [1.807, 2.05) is 18.2 Å². The molecule has 0 saturated carbocycles. The van der Waals surface area contributed by atoms with Crippen molar-refractivity contribution in [1.29, 1.82) is 0 Å². The van der Waals surface area contributed by atoms with Crippen LogP contribution in [0.2, 0.25) is 0 Å². The Hall–Kier alpha value is -1.82. The van der Waals surface area contributed by atoms with Crippen molar-refractivity contribution in [3.05, 3.63) is 46.5 Å². The summed E-state index contributed by atoms with van der Waals surface area (Å²) in [6.07, 6.45) is 1.71. The number of aromatic amines is 1. The van der Waals surface area contributed by atoms with E-state index in [0.29, 0.717) is 12.2 Å². The molecule has 0 aliphatic rings. The van der Waals surface area contributed by atoms with E-state index in [0.717, 1.165) is 16.0 Å². The molecule has 18 heavy (non-hydrogen) atoms. The van der Waals surface area contributed by atoms with Crippen LogP contribution in [0, 0.1) is 0 Å². The number of methoxy groups -OCH3 is 1. The van der Waals surface area contributed by atoms with E-state index in [4.69, 9.17) is 0 Å². The molecule has 0 spiro atoms. The summed E-state index contributed by atoms with van der Waals surface area (Å²) in [5.41, 5.74) is 2.23. The minimum Gasteiger partial charge on any atom is -0.464 e. The maximum Gasteiger partial charge on any atom is 0.354 e. The molecule has 6 heteroatoms. The van der Waals surface area contributed by atoms with Gasteiger partial charge in [-0.15, -0.1) is 0 Å². The van der Waals surface area contributed by atoms with Crippen LogP contribution in [0.5, 0.6) is 0 Å². The minimum atomic E-state index is -0.371. The fraction of sp³-hybridized carbons (Fsp3) is 0.167. The average Bonchev–Trinajstić information content (AvgIpc) is 2.86. The van der Waals surface area contributed by atoms with E-state index in [1.165, 1.54) is 7.11 Å². The zero-order valence-corrected chi connectivity index (χ0v) is 11.3. The molecule has 0 aliphatic carbocycles. The molecule has 2 aromatic rings. The van der Waals surface area contributed by atoms with E-state index < -0.39 is 0 Å². The second kappa shape index (κ2) is 5.68. The van der Waals surface area contributed by atoms with Crippen LogP contribution in [0.3, 0.4) is 0 Å². The van der Waals surface area contributed by atoms with Gasteiger partial charge in [-0.2, -0.15) is 0 Å². The highest BCUT2D eigenvalue weighted by atomic mass is 79.9.